The van der Waals surface area contributed by atoms with Crippen LogP contribution in [0.3, 0.4) is 0 Å². The molecule has 0 saturated carbocycles. The van der Waals surface area contributed by atoms with E-state index in [2.05, 4.69) is 10.3 Å². The number of likely N-dealkylation sites (N-methyl/N-ethyl adjacent to an activating group) is 1. The molecule has 3 N–H and O–H groups in total. The van der Waals surface area contributed by atoms with Crippen LogP contribution >= 0.6 is 0 Å². The van der Waals surface area contributed by atoms with Crippen LogP contribution in [-0.2, 0) is 0 Å². The summed E-state index contributed by atoms with van der Waals surface area (Å²) in [6.45, 7) is 0.0224. The van der Waals surface area contributed by atoms with Crippen LogP contribution in [-0.4, -0.2) is 55.7 Å². The van der Waals surface area contributed by atoms with Gasteiger partial charge in [0.25, 0.3) is 0 Å². The molecule has 0 amide bonds. The smallest absolute Gasteiger partial charge is 0.215 e. The molecule has 0 bridgehead atoms. The van der Waals surface area contributed by atoms with E-state index in [4.69, 9.17) is 9.84 Å². The summed E-state index contributed by atoms with van der Waals surface area (Å²) in [6, 6.07) is 3.61. The van der Waals surface area contributed by atoms with E-state index in [9.17, 15) is 5.11 Å². The van der Waals surface area contributed by atoms with Crippen molar-refractivity contribution in [3.05, 3.63) is 12.1 Å². The topological polar surface area (TPSA) is 77.9 Å². The van der Waals surface area contributed by atoms with Gasteiger partial charge in [-0.3, -0.25) is 0 Å². The summed E-state index contributed by atoms with van der Waals surface area (Å²) in [6.07, 6.45) is -0.794. The molecule has 0 aromatic carbocycles. The second-order valence-corrected chi connectivity index (χ2v) is 3.69. The third kappa shape index (κ3) is 3.47. The van der Waals surface area contributed by atoms with Crippen LogP contribution in [0.2, 0.25) is 0 Å². The summed E-state index contributed by atoms with van der Waals surface area (Å²) in [5.74, 6) is 1.17. The highest BCUT2D eigenvalue weighted by molar-refractivity contribution is 5.66. The monoisotopic (exact) mass is 241 g/mol. The number of anilines is 2. The van der Waals surface area contributed by atoms with E-state index in [1.165, 1.54) is 0 Å². The first-order valence-corrected chi connectivity index (χ1v) is 5.35. The number of nitrogens with zero attached hydrogens (tertiary/aromatic N) is 2. The second-order valence-electron chi connectivity index (χ2n) is 3.69. The summed E-state index contributed by atoms with van der Waals surface area (Å²) >= 11 is 0. The number of rotatable bonds is 6. The summed E-state index contributed by atoms with van der Waals surface area (Å²) in [7, 11) is 5.14. The minimum absolute atomic E-state index is 0.275. The van der Waals surface area contributed by atoms with Gasteiger partial charge in [0.1, 0.15) is 0 Å². The maximum absolute atomic E-state index is 9.41. The summed E-state index contributed by atoms with van der Waals surface area (Å²) in [5, 5.41) is 21.2. The molecule has 17 heavy (non-hydrogen) atoms. The van der Waals surface area contributed by atoms with E-state index in [0.29, 0.717) is 18.2 Å². The highest BCUT2D eigenvalue weighted by Crippen LogP contribution is 2.25. The molecule has 0 radical (unpaired) electrons. The zero-order chi connectivity index (χ0) is 12.8. The Balaban J connectivity index is 2.92. The molecule has 1 atom stereocenters. The molecule has 6 nitrogen and oxygen atoms in total. The van der Waals surface area contributed by atoms with Crippen molar-refractivity contribution in [3.63, 3.8) is 0 Å². The van der Waals surface area contributed by atoms with E-state index >= 15 is 0 Å². The SMILES string of the molecule is CNc1ccc(OC)nc1N(C)CC(O)CO. The highest BCUT2D eigenvalue weighted by atomic mass is 16.5. The average Bonchev–Trinajstić information content (AvgIpc) is 2.37. The lowest BCUT2D eigenvalue weighted by atomic mass is 10.3. The number of aromatic nitrogens is 1. The van der Waals surface area contributed by atoms with E-state index in [1.54, 1.807) is 32.2 Å². The molecule has 0 spiro atoms. The first-order valence-electron chi connectivity index (χ1n) is 5.35. The number of nitrogens with one attached hydrogen (secondary N) is 1. The van der Waals surface area contributed by atoms with Crippen LogP contribution in [0.4, 0.5) is 11.5 Å². The fourth-order valence-electron chi connectivity index (χ4n) is 1.49. The molecular weight excluding hydrogens is 222 g/mol. The highest BCUT2D eigenvalue weighted by Gasteiger charge is 2.13. The van der Waals surface area contributed by atoms with Crippen molar-refractivity contribution in [3.8, 4) is 5.88 Å². The number of methoxy groups -OCH3 is 1. The van der Waals surface area contributed by atoms with Crippen molar-refractivity contribution in [2.75, 3.05) is 44.6 Å². The van der Waals surface area contributed by atoms with Gasteiger partial charge in [-0.15, -0.1) is 0 Å². The van der Waals surface area contributed by atoms with Crippen LogP contribution in [0, 0.1) is 0 Å². The number of pyridine rings is 1. The van der Waals surface area contributed by atoms with E-state index < -0.39 is 6.10 Å². The predicted octanol–water partition coefficient (Wildman–Crippen LogP) is -0.0787. The van der Waals surface area contributed by atoms with Gasteiger partial charge in [0, 0.05) is 26.7 Å². The number of aliphatic hydroxyl groups is 2. The van der Waals surface area contributed by atoms with Crippen molar-refractivity contribution in [1.82, 2.24) is 4.98 Å². The Morgan fingerprint density at radius 3 is 2.76 bits per heavy atom. The third-order valence-corrected chi connectivity index (χ3v) is 2.38. The molecule has 6 heteroatoms. The molecule has 0 aliphatic rings. The van der Waals surface area contributed by atoms with Gasteiger partial charge in [0.15, 0.2) is 5.82 Å². The predicted molar refractivity (Wildman–Crippen MR) is 66.7 cm³/mol. The van der Waals surface area contributed by atoms with Gasteiger partial charge >= 0.3 is 0 Å². The molecule has 1 rings (SSSR count). The van der Waals surface area contributed by atoms with Crippen molar-refractivity contribution < 1.29 is 14.9 Å². The zero-order valence-electron chi connectivity index (χ0n) is 10.3. The van der Waals surface area contributed by atoms with Crippen LogP contribution in [0.15, 0.2) is 12.1 Å². The second kappa shape index (κ2) is 6.27. The Morgan fingerprint density at radius 2 is 2.24 bits per heavy atom. The van der Waals surface area contributed by atoms with Crippen molar-refractivity contribution in [2.45, 2.75) is 6.10 Å². The molecular formula is C11H19N3O3. The van der Waals surface area contributed by atoms with Crippen LogP contribution in [0.5, 0.6) is 5.88 Å². The van der Waals surface area contributed by atoms with E-state index in [1.807, 2.05) is 6.07 Å². The normalized spacial score (nSPS) is 12.1. The number of ether oxygens (including phenoxy) is 1. The fourth-order valence-corrected chi connectivity index (χ4v) is 1.49. The zero-order valence-corrected chi connectivity index (χ0v) is 10.3. The van der Waals surface area contributed by atoms with Gasteiger partial charge in [0.2, 0.25) is 5.88 Å². The first kappa shape index (κ1) is 13.5. The quantitative estimate of drug-likeness (QED) is 0.646. The van der Waals surface area contributed by atoms with Gasteiger partial charge in [-0.1, -0.05) is 0 Å². The maximum Gasteiger partial charge on any atom is 0.215 e. The Kier molecular flexibility index (Phi) is 4.99. The summed E-state index contributed by atoms with van der Waals surface area (Å²) in [4.78, 5) is 6.06. The molecule has 0 aliphatic carbocycles. The molecule has 0 saturated heterocycles. The minimum atomic E-state index is -0.794. The van der Waals surface area contributed by atoms with Crippen LogP contribution in [0.1, 0.15) is 0 Å². The molecule has 1 aromatic rings. The van der Waals surface area contributed by atoms with Gasteiger partial charge in [-0.05, 0) is 6.07 Å². The van der Waals surface area contributed by atoms with E-state index in [-0.39, 0.29) is 6.61 Å². The van der Waals surface area contributed by atoms with Gasteiger partial charge in [-0.2, -0.15) is 4.98 Å². The third-order valence-electron chi connectivity index (χ3n) is 2.38. The Labute approximate surface area is 101 Å². The lowest BCUT2D eigenvalue weighted by molar-refractivity contribution is 0.101. The van der Waals surface area contributed by atoms with Crippen molar-refractivity contribution in [1.29, 1.82) is 0 Å². The van der Waals surface area contributed by atoms with Gasteiger partial charge in [-0.25, -0.2) is 0 Å². The molecule has 1 aromatic heterocycles. The Bertz CT molecular complexity index is 360. The molecule has 1 unspecified atom stereocenters. The Morgan fingerprint density at radius 1 is 1.53 bits per heavy atom. The van der Waals surface area contributed by atoms with Crippen molar-refractivity contribution in [2.24, 2.45) is 0 Å². The van der Waals surface area contributed by atoms with E-state index in [0.717, 1.165) is 5.69 Å². The Hall–Kier alpha value is -1.53. The van der Waals surface area contributed by atoms with Crippen LogP contribution < -0.4 is 15.0 Å². The molecule has 1 heterocycles. The van der Waals surface area contributed by atoms with Gasteiger partial charge in [0.05, 0.1) is 25.5 Å². The van der Waals surface area contributed by atoms with Crippen LogP contribution in [0.25, 0.3) is 0 Å². The lowest BCUT2D eigenvalue weighted by Crippen LogP contribution is -2.32. The molecule has 0 fully saturated rings. The molecule has 96 valence electrons. The first-order chi connectivity index (χ1) is 8.12. The lowest BCUT2D eigenvalue weighted by Gasteiger charge is -2.23. The summed E-state index contributed by atoms with van der Waals surface area (Å²) < 4.78 is 5.06. The number of hydrogen-bond acceptors (Lipinski definition) is 6. The standard InChI is InChI=1S/C11H19N3O3/c1-12-9-4-5-10(17-3)13-11(9)14(2)6-8(16)7-15/h4-5,8,12,15-16H,6-7H2,1-3H3. The van der Waals surface area contributed by atoms with Gasteiger partial charge < -0.3 is 25.2 Å². The van der Waals surface area contributed by atoms with Crippen molar-refractivity contribution >= 4 is 11.5 Å². The fraction of sp³-hybridized carbons (Fsp3) is 0.545. The molecule has 0 aliphatic heterocycles. The number of aliphatic hydroxyl groups excluding tert-OH is 2. The average molecular weight is 241 g/mol. The summed E-state index contributed by atoms with van der Waals surface area (Å²) in [5.41, 5.74) is 0.832. The minimum Gasteiger partial charge on any atom is -0.481 e. The number of hydrogen-bond donors (Lipinski definition) is 3. The largest absolute Gasteiger partial charge is 0.481 e. The maximum atomic E-state index is 9.41.